The number of amides is 1. The molecule has 0 radical (unpaired) electrons. The minimum Gasteiger partial charge on any atom is -0.490 e. The van der Waals surface area contributed by atoms with Gasteiger partial charge in [-0.15, -0.1) is 0 Å². The molecule has 0 saturated carbocycles. The van der Waals surface area contributed by atoms with Crippen molar-refractivity contribution in [2.24, 2.45) is 5.73 Å². The van der Waals surface area contributed by atoms with Crippen LogP contribution in [0, 0.1) is 11.3 Å². The zero-order valence-corrected chi connectivity index (χ0v) is 14.3. The molecule has 0 heterocycles. The first-order valence-corrected chi connectivity index (χ1v) is 7.91. The van der Waals surface area contributed by atoms with Crippen molar-refractivity contribution in [1.82, 2.24) is 0 Å². The molecule has 0 aliphatic rings. The fourth-order valence-electron chi connectivity index (χ4n) is 1.89. The Kier molecular flexibility index (Phi) is 6.41. The number of ether oxygens (including phenoxy) is 2. The highest BCUT2D eigenvalue weighted by molar-refractivity contribution is 9.10. The van der Waals surface area contributed by atoms with Gasteiger partial charge in [-0.05, 0) is 36.4 Å². The molecule has 0 spiro atoms. The van der Waals surface area contributed by atoms with Crippen molar-refractivity contribution in [3.05, 3.63) is 64.1 Å². The monoisotopic (exact) mass is 386 g/mol. The van der Waals surface area contributed by atoms with E-state index >= 15 is 0 Å². The molecule has 1 amide bonds. The Morgan fingerprint density at radius 2 is 1.79 bits per heavy atom. The largest absolute Gasteiger partial charge is 0.490 e. The van der Waals surface area contributed by atoms with Gasteiger partial charge in [0.15, 0.2) is 0 Å². The summed E-state index contributed by atoms with van der Waals surface area (Å²) in [5.41, 5.74) is 5.63. The van der Waals surface area contributed by atoms with Gasteiger partial charge in [0.25, 0.3) is 5.91 Å². The Morgan fingerprint density at radius 3 is 2.46 bits per heavy atom. The third-order valence-electron chi connectivity index (χ3n) is 3.03. The molecule has 0 aromatic heterocycles. The van der Waals surface area contributed by atoms with Crippen LogP contribution in [-0.4, -0.2) is 19.1 Å². The van der Waals surface area contributed by atoms with E-state index < -0.39 is 5.91 Å². The molecule has 0 atom stereocenters. The van der Waals surface area contributed by atoms with Gasteiger partial charge in [-0.1, -0.05) is 34.1 Å². The first-order chi connectivity index (χ1) is 11.6. The molecule has 0 aliphatic carbocycles. The SMILES string of the molecule is N#CC(=Cc1ccccc1OCCOc1ccc(Br)cc1)C(N)=O. The van der Waals surface area contributed by atoms with Gasteiger partial charge < -0.3 is 15.2 Å². The topological polar surface area (TPSA) is 85.3 Å². The molecule has 122 valence electrons. The first kappa shape index (κ1) is 17.6. The standard InChI is InChI=1S/C18H15BrN2O3/c19-15-5-7-16(8-6-15)23-9-10-24-17-4-2-1-3-13(17)11-14(12-20)18(21)22/h1-8,11H,9-10H2,(H2,21,22). The molecule has 2 rings (SSSR count). The highest BCUT2D eigenvalue weighted by Crippen LogP contribution is 2.21. The Labute approximate surface area is 148 Å². The number of nitriles is 1. The summed E-state index contributed by atoms with van der Waals surface area (Å²) in [7, 11) is 0. The number of primary amides is 1. The van der Waals surface area contributed by atoms with E-state index in [0.717, 1.165) is 10.2 Å². The fourth-order valence-corrected chi connectivity index (χ4v) is 2.15. The fraction of sp³-hybridized carbons (Fsp3) is 0.111. The molecule has 0 unspecified atom stereocenters. The summed E-state index contributed by atoms with van der Waals surface area (Å²) in [5.74, 6) is 0.521. The zero-order chi connectivity index (χ0) is 17.4. The molecular formula is C18H15BrN2O3. The second kappa shape index (κ2) is 8.75. The molecule has 2 N–H and O–H groups in total. The van der Waals surface area contributed by atoms with Crippen LogP contribution in [0.3, 0.4) is 0 Å². The maximum Gasteiger partial charge on any atom is 0.259 e. The summed E-state index contributed by atoms with van der Waals surface area (Å²) in [4.78, 5) is 11.2. The molecule has 5 nitrogen and oxygen atoms in total. The van der Waals surface area contributed by atoms with Crippen LogP contribution in [0.4, 0.5) is 0 Å². The van der Waals surface area contributed by atoms with Crippen molar-refractivity contribution >= 4 is 27.9 Å². The molecule has 0 aliphatic heterocycles. The van der Waals surface area contributed by atoms with Crippen LogP contribution in [0.15, 0.2) is 58.6 Å². The third kappa shape index (κ3) is 5.14. The van der Waals surface area contributed by atoms with E-state index in [-0.39, 0.29) is 5.57 Å². The van der Waals surface area contributed by atoms with E-state index in [1.165, 1.54) is 6.08 Å². The number of para-hydroxylation sites is 1. The van der Waals surface area contributed by atoms with Gasteiger partial charge in [-0.3, -0.25) is 4.79 Å². The van der Waals surface area contributed by atoms with Crippen LogP contribution in [0.2, 0.25) is 0 Å². The summed E-state index contributed by atoms with van der Waals surface area (Å²) < 4.78 is 12.2. The van der Waals surface area contributed by atoms with Crippen LogP contribution in [-0.2, 0) is 4.79 Å². The van der Waals surface area contributed by atoms with Gasteiger partial charge in [0.05, 0.1) is 0 Å². The van der Waals surface area contributed by atoms with Crippen LogP contribution < -0.4 is 15.2 Å². The van der Waals surface area contributed by atoms with Crippen LogP contribution in [0.5, 0.6) is 11.5 Å². The number of carbonyl (C=O) groups is 1. The van der Waals surface area contributed by atoms with Crippen molar-refractivity contribution < 1.29 is 14.3 Å². The molecule has 2 aromatic rings. The summed E-state index contributed by atoms with van der Waals surface area (Å²) in [6.07, 6.45) is 1.41. The Bertz CT molecular complexity index is 780. The van der Waals surface area contributed by atoms with Gasteiger partial charge in [0, 0.05) is 10.0 Å². The molecule has 24 heavy (non-hydrogen) atoms. The molecule has 6 heteroatoms. The van der Waals surface area contributed by atoms with Crippen molar-refractivity contribution in [3.63, 3.8) is 0 Å². The van der Waals surface area contributed by atoms with Gasteiger partial charge >= 0.3 is 0 Å². The number of rotatable bonds is 7. The number of halogens is 1. The molecule has 2 aromatic carbocycles. The van der Waals surface area contributed by atoms with Gasteiger partial charge in [0.2, 0.25) is 0 Å². The third-order valence-corrected chi connectivity index (χ3v) is 3.56. The van der Waals surface area contributed by atoms with E-state index in [1.54, 1.807) is 30.3 Å². The summed E-state index contributed by atoms with van der Waals surface area (Å²) in [5, 5.41) is 8.93. The smallest absolute Gasteiger partial charge is 0.259 e. The highest BCUT2D eigenvalue weighted by Gasteiger charge is 2.07. The number of nitrogens with two attached hydrogens (primary N) is 1. The van der Waals surface area contributed by atoms with Gasteiger partial charge in [-0.2, -0.15) is 5.26 Å². The van der Waals surface area contributed by atoms with E-state index in [2.05, 4.69) is 15.9 Å². The summed E-state index contributed by atoms with van der Waals surface area (Å²) >= 11 is 3.36. The van der Waals surface area contributed by atoms with Crippen LogP contribution >= 0.6 is 15.9 Å². The quantitative estimate of drug-likeness (QED) is 0.449. The number of nitrogens with zero attached hydrogens (tertiary/aromatic N) is 1. The number of carbonyl (C=O) groups excluding carboxylic acids is 1. The lowest BCUT2D eigenvalue weighted by Gasteiger charge is -2.10. The van der Waals surface area contributed by atoms with Crippen LogP contribution in [0.1, 0.15) is 5.56 Å². The molecular weight excluding hydrogens is 372 g/mol. The number of hydrogen-bond acceptors (Lipinski definition) is 4. The van der Waals surface area contributed by atoms with Crippen molar-refractivity contribution in [2.45, 2.75) is 0 Å². The average molecular weight is 387 g/mol. The average Bonchev–Trinajstić information content (AvgIpc) is 2.59. The number of benzene rings is 2. The van der Waals surface area contributed by atoms with Gasteiger partial charge in [-0.25, -0.2) is 0 Å². The lowest BCUT2D eigenvalue weighted by Crippen LogP contribution is -2.13. The molecule has 0 fully saturated rings. The minimum atomic E-state index is -0.772. The molecule has 0 bridgehead atoms. The van der Waals surface area contributed by atoms with E-state index in [1.807, 2.05) is 24.3 Å². The first-order valence-electron chi connectivity index (χ1n) is 7.12. The maximum absolute atomic E-state index is 11.2. The van der Waals surface area contributed by atoms with E-state index in [9.17, 15) is 4.79 Å². The second-order valence-corrected chi connectivity index (χ2v) is 5.64. The minimum absolute atomic E-state index is 0.128. The summed E-state index contributed by atoms with van der Waals surface area (Å²) in [6, 6.07) is 16.3. The van der Waals surface area contributed by atoms with E-state index in [0.29, 0.717) is 24.5 Å². The second-order valence-electron chi connectivity index (χ2n) is 4.72. The van der Waals surface area contributed by atoms with Crippen molar-refractivity contribution in [1.29, 1.82) is 5.26 Å². The maximum atomic E-state index is 11.2. The summed E-state index contributed by atoms with van der Waals surface area (Å²) in [6.45, 7) is 0.681. The predicted molar refractivity (Wildman–Crippen MR) is 94.4 cm³/mol. The molecule has 0 saturated heterocycles. The predicted octanol–water partition coefficient (Wildman–Crippen LogP) is 3.30. The van der Waals surface area contributed by atoms with E-state index in [4.69, 9.17) is 20.5 Å². The highest BCUT2D eigenvalue weighted by atomic mass is 79.9. The zero-order valence-electron chi connectivity index (χ0n) is 12.7. The Morgan fingerprint density at radius 1 is 1.12 bits per heavy atom. The number of hydrogen-bond donors (Lipinski definition) is 1. The normalized spacial score (nSPS) is 10.8. The van der Waals surface area contributed by atoms with Crippen LogP contribution in [0.25, 0.3) is 6.08 Å². The van der Waals surface area contributed by atoms with Gasteiger partial charge in [0.1, 0.15) is 36.4 Å². The van der Waals surface area contributed by atoms with Crippen molar-refractivity contribution in [2.75, 3.05) is 13.2 Å². The lowest BCUT2D eigenvalue weighted by atomic mass is 10.1. The Hall–Kier alpha value is -2.78. The lowest BCUT2D eigenvalue weighted by molar-refractivity contribution is -0.114. The van der Waals surface area contributed by atoms with Crippen molar-refractivity contribution in [3.8, 4) is 17.6 Å². The Balaban J connectivity index is 1.97.